The van der Waals surface area contributed by atoms with Crippen LogP contribution in [0.25, 0.3) is 0 Å². The molecule has 0 bridgehead atoms. The fraction of sp³-hybridized carbons (Fsp3) is 0.263. The molecule has 0 aliphatic carbocycles. The van der Waals surface area contributed by atoms with Crippen LogP contribution in [0.5, 0.6) is 5.75 Å². The van der Waals surface area contributed by atoms with Crippen LogP contribution < -0.4 is 10.1 Å². The second-order valence-electron chi connectivity index (χ2n) is 5.85. The van der Waals surface area contributed by atoms with E-state index in [4.69, 9.17) is 9.47 Å². The van der Waals surface area contributed by atoms with Gasteiger partial charge in [0.25, 0.3) is 5.91 Å². The zero-order chi connectivity index (χ0) is 19.1. The van der Waals surface area contributed by atoms with Crippen molar-refractivity contribution < 1.29 is 27.8 Å². The first-order valence-electron chi connectivity index (χ1n) is 7.98. The van der Waals surface area contributed by atoms with Gasteiger partial charge in [-0.05, 0) is 35.7 Å². The van der Waals surface area contributed by atoms with Crippen molar-refractivity contribution in [2.75, 3.05) is 18.5 Å². The van der Waals surface area contributed by atoms with Gasteiger partial charge in [-0.2, -0.15) is 0 Å². The lowest BCUT2D eigenvalue weighted by Crippen LogP contribution is -2.24. The second-order valence-corrected chi connectivity index (χ2v) is 5.85. The number of esters is 1. The number of carbonyl (C=O) groups excluding carboxylic acids is 2. The maximum Gasteiger partial charge on any atom is 0.344 e. The zero-order valence-electron chi connectivity index (χ0n) is 14.4. The molecule has 0 heterocycles. The molecule has 2 aromatic carbocycles. The summed E-state index contributed by atoms with van der Waals surface area (Å²) in [5, 5.41) is 2.12. The predicted octanol–water partition coefficient (Wildman–Crippen LogP) is 3.65. The van der Waals surface area contributed by atoms with Crippen LogP contribution in [0, 0.1) is 11.6 Å². The summed E-state index contributed by atoms with van der Waals surface area (Å²) in [4.78, 5) is 23.2. The van der Waals surface area contributed by atoms with Gasteiger partial charge in [0.1, 0.15) is 17.4 Å². The number of nitrogens with one attached hydrogen (secondary N) is 1. The lowest BCUT2D eigenvalue weighted by Gasteiger charge is -2.09. The third-order valence-electron chi connectivity index (χ3n) is 3.47. The average molecular weight is 363 g/mol. The number of halogens is 2. The first kappa shape index (κ1) is 19.4. The molecule has 0 unspecified atom stereocenters. The van der Waals surface area contributed by atoms with Gasteiger partial charge in [0.2, 0.25) is 0 Å². The van der Waals surface area contributed by atoms with E-state index in [-0.39, 0.29) is 12.3 Å². The van der Waals surface area contributed by atoms with Crippen LogP contribution in [0.4, 0.5) is 14.5 Å². The van der Waals surface area contributed by atoms with Crippen LogP contribution in [0.2, 0.25) is 0 Å². The number of hydrogen-bond acceptors (Lipinski definition) is 4. The largest absolute Gasteiger partial charge is 0.482 e. The van der Waals surface area contributed by atoms with Crippen LogP contribution in [-0.4, -0.2) is 25.1 Å². The SMILES string of the molecule is CC(C)c1ccc(OCC(=O)OCC(=O)Nc2cc(F)ccc2F)cc1. The van der Waals surface area contributed by atoms with Crippen molar-refractivity contribution in [3.8, 4) is 5.75 Å². The molecule has 1 amide bonds. The van der Waals surface area contributed by atoms with Gasteiger partial charge in [-0.15, -0.1) is 0 Å². The van der Waals surface area contributed by atoms with E-state index in [2.05, 4.69) is 19.2 Å². The molecular weight excluding hydrogens is 344 g/mol. The molecule has 26 heavy (non-hydrogen) atoms. The Kier molecular flexibility index (Phi) is 6.66. The fourth-order valence-electron chi connectivity index (χ4n) is 2.06. The lowest BCUT2D eigenvalue weighted by atomic mass is 10.0. The molecule has 1 N–H and O–H groups in total. The van der Waals surface area contributed by atoms with E-state index in [0.29, 0.717) is 11.7 Å². The smallest absolute Gasteiger partial charge is 0.344 e. The van der Waals surface area contributed by atoms with Gasteiger partial charge in [-0.3, -0.25) is 4.79 Å². The maximum atomic E-state index is 13.4. The highest BCUT2D eigenvalue weighted by atomic mass is 19.1. The molecule has 138 valence electrons. The number of rotatable bonds is 7. The second kappa shape index (κ2) is 8.94. The molecule has 0 fully saturated rings. The molecule has 2 aromatic rings. The molecule has 0 aliphatic rings. The minimum absolute atomic E-state index is 0.326. The van der Waals surface area contributed by atoms with E-state index in [0.717, 1.165) is 23.8 Å². The summed E-state index contributed by atoms with van der Waals surface area (Å²) < 4.78 is 36.4. The molecule has 0 saturated carbocycles. The third-order valence-corrected chi connectivity index (χ3v) is 3.47. The monoisotopic (exact) mass is 363 g/mol. The van der Waals surface area contributed by atoms with Crippen molar-refractivity contribution in [2.24, 2.45) is 0 Å². The highest BCUT2D eigenvalue weighted by Gasteiger charge is 2.11. The highest BCUT2D eigenvalue weighted by Crippen LogP contribution is 2.18. The minimum Gasteiger partial charge on any atom is -0.482 e. The average Bonchev–Trinajstić information content (AvgIpc) is 2.61. The van der Waals surface area contributed by atoms with E-state index in [9.17, 15) is 18.4 Å². The zero-order valence-corrected chi connectivity index (χ0v) is 14.4. The van der Waals surface area contributed by atoms with Crippen molar-refractivity contribution in [1.29, 1.82) is 0 Å². The molecule has 0 aromatic heterocycles. The minimum atomic E-state index is -0.792. The first-order chi connectivity index (χ1) is 12.3. The first-order valence-corrected chi connectivity index (χ1v) is 7.98. The van der Waals surface area contributed by atoms with Crippen molar-refractivity contribution in [1.82, 2.24) is 0 Å². The van der Waals surface area contributed by atoms with Gasteiger partial charge in [0.05, 0.1) is 5.69 Å². The van der Waals surface area contributed by atoms with Gasteiger partial charge in [-0.1, -0.05) is 26.0 Å². The molecule has 0 spiro atoms. The van der Waals surface area contributed by atoms with Crippen LogP contribution in [0.1, 0.15) is 25.3 Å². The molecule has 0 saturated heterocycles. The lowest BCUT2D eigenvalue weighted by molar-refractivity contribution is -0.149. The topological polar surface area (TPSA) is 64.6 Å². The van der Waals surface area contributed by atoms with Crippen molar-refractivity contribution in [3.05, 3.63) is 59.7 Å². The van der Waals surface area contributed by atoms with Crippen molar-refractivity contribution in [2.45, 2.75) is 19.8 Å². The Hall–Kier alpha value is -2.96. The number of hydrogen-bond donors (Lipinski definition) is 1. The summed E-state index contributed by atoms with van der Waals surface area (Å²) in [5.74, 6) is -2.15. The molecule has 0 aliphatic heterocycles. The quantitative estimate of drug-likeness (QED) is 0.763. The van der Waals surface area contributed by atoms with E-state index in [1.807, 2.05) is 12.1 Å². The number of ether oxygens (including phenoxy) is 2. The van der Waals surface area contributed by atoms with Gasteiger partial charge < -0.3 is 14.8 Å². The normalized spacial score (nSPS) is 10.5. The summed E-state index contributed by atoms with van der Waals surface area (Å²) in [5.41, 5.74) is 0.814. The van der Waals surface area contributed by atoms with E-state index >= 15 is 0 Å². The Morgan fingerprint density at radius 2 is 1.73 bits per heavy atom. The summed E-state index contributed by atoms with van der Waals surface area (Å²) in [6.45, 7) is 3.12. The summed E-state index contributed by atoms with van der Waals surface area (Å²) >= 11 is 0. The van der Waals surface area contributed by atoms with Gasteiger partial charge in [0.15, 0.2) is 13.2 Å². The Morgan fingerprint density at radius 3 is 2.38 bits per heavy atom. The summed E-state index contributed by atoms with van der Waals surface area (Å²) in [6.07, 6.45) is 0. The van der Waals surface area contributed by atoms with Crippen LogP contribution in [-0.2, 0) is 14.3 Å². The maximum absolute atomic E-state index is 13.4. The predicted molar refractivity (Wildman–Crippen MR) is 92.0 cm³/mol. The number of benzene rings is 2. The molecule has 5 nitrogen and oxygen atoms in total. The summed E-state index contributed by atoms with van der Waals surface area (Å²) in [6, 6.07) is 9.91. The Labute approximate surface area is 149 Å². The molecule has 0 radical (unpaired) electrons. The van der Waals surface area contributed by atoms with Crippen molar-refractivity contribution in [3.63, 3.8) is 0 Å². The van der Waals surface area contributed by atoms with Crippen LogP contribution in [0.15, 0.2) is 42.5 Å². The van der Waals surface area contributed by atoms with Crippen LogP contribution in [0.3, 0.4) is 0 Å². The number of amides is 1. The van der Waals surface area contributed by atoms with E-state index in [1.54, 1.807) is 12.1 Å². The Balaban J connectivity index is 1.75. The van der Waals surface area contributed by atoms with Gasteiger partial charge in [0, 0.05) is 6.07 Å². The highest BCUT2D eigenvalue weighted by molar-refractivity contribution is 5.92. The Bertz CT molecular complexity index is 776. The fourth-order valence-corrected chi connectivity index (χ4v) is 2.06. The standard InChI is InChI=1S/C19H19F2NO4/c1-12(2)13-3-6-15(7-4-13)25-11-19(24)26-10-18(23)22-17-9-14(20)5-8-16(17)21/h3-9,12H,10-11H2,1-2H3,(H,22,23). The van der Waals surface area contributed by atoms with Crippen LogP contribution >= 0.6 is 0 Å². The van der Waals surface area contributed by atoms with E-state index in [1.165, 1.54) is 0 Å². The van der Waals surface area contributed by atoms with E-state index < -0.39 is 30.1 Å². The molecule has 2 rings (SSSR count). The molecule has 7 heteroatoms. The number of anilines is 1. The van der Waals surface area contributed by atoms with Gasteiger partial charge >= 0.3 is 5.97 Å². The summed E-state index contributed by atoms with van der Waals surface area (Å²) in [7, 11) is 0. The number of carbonyl (C=O) groups is 2. The molecular formula is C19H19F2NO4. The molecule has 0 atom stereocenters. The van der Waals surface area contributed by atoms with Crippen molar-refractivity contribution >= 4 is 17.6 Å². The van der Waals surface area contributed by atoms with Gasteiger partial charge in [-0.25, -0.2) is 13.6 Å². The third kappa shape index (κ3) is 5.84. The Morgan fingerprint density at radius 1 is 1.04 bits per heavy atom.